The quantitative estimate of drug-likeness (QED) is 0.651. The first-order valence-corrected chi connectivity index (χ1v) is 10.7. The Hall–Kier alpha value is -4.06. The summed E-state index contributed by atoms with van der Waals surface area (Å²) >= 11 is 0. The van der Waals surface area contributed by atoms with Gasteiger partial charge in [-0.2, -0.15) is 18.4 Å². The zero-order valence-corrected chi connectivity index (χ0v) is 18.1. The van der Waals surface area contributed by atoms with Gasteiger partial charge in [0.05, 0.1) is 16.8 Å². The van der Waals surface area contributed by atoms with E-state index in [0.29, 0.717) is 17.7 Å². The number of Topliss-reactive ketones (excluding diaryl/α,β-unsaturated/α-hetero) is 1. The highest BCUT2D eigenvalue weighted by molar-refractivity contribution is 6.19. The van der Waals surface area contributed by atoms with E-state index in [9.17, 15) is 28.0 Å². The number of fused-ring (bicyclic) bond motifs is 3. The van der Waals surface area contributed by atoms with Crippen molar-refractivity contribution in [3.63, 3.8) is 0 Å². The van der Waals surface area contributed by atoms with Crippen LogP contribution in [0.4, 0.5) is 24.5 Å². The van der Waals surface area contributed by atoms with Gasteiger partial charge in [0.25, 0.3) is 0 Å². The summed E-state index contributed by atoms with van der Waals surface area (Å²) in [7, 11) is 0. The highest BCUT2D eigenvalue weighted by atomic mass is 19.4. The van der Waals surface area contributed by atoms with Crippen LogP contribution in [0.15, 0.2) is 65.1 Å². The Morgan fingerprint density at radius 3 is 2.59 bits per heavy atom. The maximum absolute atomic E-state index is 13.9. The molecule has 0 radical (unpaired) electrons. The van der Waals surface area contributed by atoms with Crippen molar-refractivity contribution in [2.75, 3.05) is 10.2 Å². The van der Waals surface area contributed by atoms with E-state index in [4.69, 9.17) is 5.73 Å². The molecule has 0 bridgehead atoms. The summed E-state index contributed by atoms with van der Waals surface area (Å²) in [6.45, 7) is 1.81. The minimum absolute atomic E-state index is 0.0170. The number of ketones is 1. The van der Waals surface area contributed by atoms with E-state index in [1.165, 1.54) is 18.2 Å². The number of nitriles is 1. The van der Waals surface area contributed by atoms with Crippen molar-refractivity contribution >= 4 is 23.1 Å². The summed E-state index contributed by atoms with van der Waals surface area (Å²) in [5, 5.41) is 13.0. The van der Waals surface area contributed by atoms with Gasteiger partial charge in [-0.1, -0.05) is 29.8 Å². The van der Waals surface area contributed by atoms with E-state index in [0.717, 1.165) is 16.5 Å². The molecule has 2 aliphatic heterocycles. The molecule has 34 heavy (non-hydrogen) atoms. The second kappa shape index (κ2) is 7.22. The fraction of sp³-hybridized carbons (Fsp3) is 0.240. The van der Waals surface area contributed by atoms with Crippen LogP contribution in [0.1, 0.15) is 36.0 Å². The number of hydrogen-bond donors (Lipinski definition) is 2. The number of nitrogens with two attached hydrogens (primary N) is 1. The van der Waals surface area contributed by atoms with Gasteiger partial charge in [0.15, 0.2) is 5.78 Å². The molecular formula is C25H19F3N4O2. The van der Waals surface area contributed by atoms with E-state index in [1.807, 2.05) is 13.0 Å². The first kappa shape index (κ1) is 21.8. The van der Waals surface area contributed by atoms with Gasteiger partial charge in [-0.3, -0.25) is 14.5 Å². The number of rotatable bonds is 1. The molecule has 2 aromatic rings. The zero-order valence-electron chi connectivity index (χ0n) is 18.1. The largest absolute Gasteiger partial charge is 0.418 e. The molecule has 1 aliphatic carbocycles. The number of amides is 1. The Kier molecular flexibility index (Phi) is 4.62. The minimum Gasteiger partial charge on any atom is -0.384 e. The first-order valence-electron chi connectivity index (χ1n) is 10.7. The minimum atomic E-state index is -4.70. The highest BCUT2D eigenvalue weighted by Gasteiger charge is 2.60. The van der Waals surface area contributed by atoms with E-state index in [-0.39, 0.29) is 47.0 Å². The van der Waals surface area contributed by atoms with Crippen molar-refractivity contribution < 1.29 is 22.8 Å². The molecule has 2 heterocycles. The molecular weight excluding hydrogens is 445 g/mol. The number of alkyl halides is 3. The third-order valence-corrected chi connectivity index (χ3v) is 6.63. The Labute approximate surface area is 193 Å². The molecule has 3 aliphatic rings. The van der Waals surface area contributed by atoms with Crippen LogP contribution in [0, 0.1) is 18.3 Å². The number of aryl methyl sites for hydroxylation is 1. The molecule has 172 valence electrons. The number of carbonyl (C=O) groups is 2. The van der Waals surface area contributed by atoms with Crippen LogP contribution in [-0.4, -0.2) is 11.7 Å². The second-order valence-electron chi connectivity index (χ2n) is 8.57. The van der Waals surface area contributed by atoms with E-state index in [2.05, 4.69) is 5.32 Å². The Morgan fingerprint density at radius 2 is 1.88 bits per heavy atom. The molecule has 0 fully saturated rings. The zero-order chi connectivity index (χ0) is 24.4. The molecule has 0 saturated heterocycles. The number of anilines is 2. The van der Waals surface area contributed by atoms with Gasteiger partial charge in [-0.15, -0.1) is 0 Å². The number of hydrogen-bond acceptors (Lipinski definition) is 5. The van der Waals surface area contributed by atoms with Crippen LogP contribution in [0.5, 0.6) is 0 Å². The van der Waals surface area contributed by atoms with Crippen molar-refractivity contribution in [1.82, 2.24) is 0 Å². The van der Waals surface area contributed by atoms with Crippen LogP contribution < -0.4 is 16.0 Å². The number of halogens is 3. The average molecular weight is 464 g/mol. The van der Waals surface area contributed by atoms with Crippen molar-refractivity contribution in [3.8, 4) is 6.07 Å². The Morgan fingerprint density at radius 1 is 1.15 bits per heavy atom. The molecule has 6 nitrogen and oxygen atoms in total. The molecule has 0 saturated carbocycles. The number of nitrogens with one attached hydrogen (secondary N) is 1. The van der Waals surface area contributed by atoms with Gasteiger partial charge >= 0.3 is 6.18 Å². The molecule has 1 spiro atoms. The molecule has 0 aromatic heterocycles. The standard InChI is InChI=1S/C25H19F3N4O2/c1-13-9-10-17-15(11-13)24(23(34)31-17)16(12-29)22(30)32(19-7-4-8-20(33)21(19)24)18-6-3-2-5-14(18)25(26,27)28/h2-3,5-6,9-11H,4,7-8,30H2,1H3,(H,31,34). The van der Waals surface area contributed by atoms with Gasteiger partial charge < -0.3 is 11.1 Å². The SMILES string of the molecule is Cc1ccc2c(c1)C1(C(=O)N2)C(C#N)=C(N)N(c2ccccc2C(F)(F)F)C2=C1C(=O)CCC2. The lowest BCUT2D eigenvalue weighted by Gasteiger charge is -2.44. The van der Waals surface area contributed by atoms with E-state index >= 15 is 0 Å². The number of nitrogens with zero attached hydrogens (tertiary/aromatic N) is 2. The summed E-state index contributed by atoms with van der Waals surface area (Å²) in [5.74, 6) is -1.29. The smallest absolute Gasteiger partial charge is 0.384 e. The van der Waals surface area contributed by atoms with Crippen LogP contribution in [0.2, 0.25) is 0 Å². The summed E-state index contributed by atoms with van der Waals surface area (Å²) in [6, 6.07) is 12.0. The van der Waals surface area contributed by atoms with Crippen molar-refractivity contribution in [2.45, 2.75) is 37.8 Å². The molecule has 3 N–H and O–H groups in total. The summed E-state index contributed by atoms with van der Waals surface area (Å²) < 4.78 is 41.7. The molecule has 5 rings (SSSR count). The lowest BCUT2D eigenvalue weighted by atomic mass is 9.63. The van der Waals surface area contributed by atoms with Gasteiger partial charge in [-0.05, 0) is 38.0 Å². The average Bonchev–Trinajstić information content (AvgIpc) is 3.05. The van der Waals surface area contributed by atoms with E-state index < -0.39 is 23.1 Å². The summed E-state index contributed by atoms with van der Waals surface area (Å²) in [5.41, 5.74) is 4.98. The van der Waals surface area contributed by atoms with Crippen LogP contribution >= 0.6 is 0 Å². The third-order valence-electron chi connectivity index (χ3n) is 6.63. The van der Waals surface area contributed by atoms with Crippen molar-refractivity contribution in [3.05, 3.63) is 81.8 Å². The predicted octanol–water partition coefficient (Wildman–Crippen LogP) is 4.42. The van der Waals surface area contributed by atoms with Gasteiger partial charge in [0.2, 0.25) is 5.91 Å². The maximum Gasteiger partial charge on any atom is 0.418 e. The lowest BCUT2D eigenvalue weighted by molar-refractivity contribution is -0.137. The number of carbonyl (C=O) groups excluding carboxylic acids is 2. The monoisotopic (exact) mass is 464 g/mol. The van der Waals surface area contributed by atoms with Crippen molar-refractivity contribution in [2.24, 2.45) is 5.73 Å². The van der Waals surface area contributed by atoms with Gasteiger partial charge in [0, 0.05) is 28.9 Å². The molecule has 1 atom stereocenters. The van der Waals surface area contributed by atoms with Crippen LogP contribution in [0.25, 0.3) is 0 Å². The van der Waals surface area contributed by atoms with E-state index in [1.54, 1.807) is 18.2 Å². The fourth-order valence-electron chi connectivity index (χ4n) is 5.29. The number of benzene rings is 2. The molecule has 9 heteroatoms. The Balaban J connectivity index is 1.90. The van der Waals surface area contributed by atoms with Gasteiger partial charge in [0.1, 0.15) is 17.3 Å². The van der Waals surface area contributed by atoms with Crippen LogP contribution in [0.3, 0.4) is 0 Å². The van der Waals surface area contributed by atoms with Crippen molar-refractivity contribution in [1.29, 1.82) is 5.26 Å². The number of para-hydroxylation sites is 1. The summed E-state index contributed by atoms with van der Waals surface area (Å²) in [6.07, 6.45) is -3.98. The normalized spacial score (nSPS) is 22.0. The first-order chi connectivity index (χ1) is 16.1. The summed E-state index contributed by atoms with van der Waals surface area (Å²) in [4.78, 5) is 28.1. The van der Waals surface area contributed by atoms with Gasteiger partial charge in [-0.25, -0.2) is 0 Å². The van der Waals surface area contributed by atoms with Crippen LogP contribution in [-0.2, 0) is 21.2 Å². The molecule has 1 amide bonds. The Bertz CT molecular complexity index is 1380. The topological polar surface area (TPSA) is 99.2 Å². The fourth-order valence-corrected chi connectivity index (χ4v) is 5.29. The predicted molar refractivity (Wildman–Crippen MR) is 118 cm³/mol. The maximum atomic E-state index is 13.9. The third kappa shape index (κ3) is 2.75. The molecule has 2 aromatic carbocycles. The highest BCUT2D eigenvalue weighted by Crippen LogP contribution is 2.56. The number of allylic oxidation sites excluding steroid dienone is 1. The lowest BCUT2D eigenvalue weighted by Crippen LogP contribution is -2.51. The second-order valence-corrected chi connectivity index (χ2v) is 8.57. The molecule has 1 unspecified atom stereocenters.